The van der Waals surface area contributed by atoms with E-state index in [1.165, 1.54) is 5.56 Å². The molecule has 2 fully saturated rings. The van der Waals surface area contributed by atoms with Crippen molar-refractivity contribution < 1.29 is 19.1 Å². The Morgan fingerprint density at radius 1 is 0.897 bits per heavy atom. The summed E-state index contributed by atoms with van der Waals surface area (Å²) in [6.45, 7) is 3.20. The first kappa shape index (κ1) is 26.5. The van der Waals surface area contributed by atoms with Gasteiger partial charge in [-0.05, 0) is 55.2 Å². The Morgan fingerprint density at radius 2 is 1.64 bits per heavy atom. The van der Waals surface area contributed by atoms with Gasteiger partial charge in [-0.3, -0.25) is 9.59 Å². The zero-order chi connectivity index (χ0) is 27.2. The lowest BCUT2D eigenvalue weighted by Crippen LogP contribution is -2.52. The van der Waals surface area contributed by atoms with E-state index >= 15 is 0 Å². The van der Waals surface area contributed by atoms with Gasteiger partial charge in [0.25, 0.3) is 0 Å². The number of benzene rings is 2. The van der Waals surface area contributed by atoms with Crippen molar-refractivity contribution in [2.45, 2.75) is 19.3 Å². The molecule has 39 heavy (non-hydrogen) atoms. The molecule has 2 heterocycles. The summed E-state index contributed by atoms with van der Waals surface area (Å²) in [7, 11) is 3.21. The zero-order valence-corrected chi connectivity index (χ0v) is 22.6. The van der Waals surface area contributed by atoms with Crippen LogP contribution in [-0.4, -0.2) is 85.3 Å². The molecule has 2 aliphatic rings. The number of anilines is 1. The standard InChI is InChI=1S/C30H35N5O4/c1-38-26-12-10-24(20-27(26)39-2)25-11-13-28(32-31-25)33-16-18-34(19-17-33)29(36)21-35(30(37)23-8-9-23)15-14-22-6-4-3-5-7-22/h3-7,10-13,20,23H,8-9,14-19,21H2,1-2H3. The summed E-state index contributed by atoms with van der Waals surface area (Å²) < 4.78 is 10.7. The van der Waals surface area contributed by atoms with Crippen LogP contribution in [0, 0.1) is 5.92 Å². The highest BCUT2D eigenvalue weighted by atomic mass is 16.5. The first-order valence-corrected chi connectivity index (χ1v) is 13.5. The molecule has 2 amide bonds. The van der Waals surface area contributed by atoms with Crippen molar-refractivity contribution in [3.63, 3.8) is 0 Å². The number of methoxy groups -OCH3 is 2. The monoisotopic (exact) mass is 529 g/mol. The van der Waals surface area contributed by atoms with Crippen LogP contribution in [-0.2, 0) is 16.0 Å². The second kappa shape index (κ2) is 12.1. The first-order chi connectivity index (χ1) is 19.1. The number of carbonyl (C=O) groups is 2. The van der Waals surface area contributed by atoms with E-state index in [-0.39, 0.29) is 24.3 Å². The molecule has 0 bridgehead atoms. The molecule has 204 valence electrons. The molecule has 5 rings (SSSR count). The van der Waals surface area contributed by atoms with Gasteiger partial charge in [-0.25, -0.2) is 0 Å². The average molecular weight is 530 g/mol. The Labute approximate surface area is 229 Å². The van der Waals surface area contributed by atoms with Crippen molar-refractivity contribution in [2.24, 2.45) is 5.92 Å². The number of aromatic nitrogens is 2. The number of carbonyl (C=O) groups excluding carboxylic acids is 2. The van der Waals surface area contributed by atoms with Crippen molar-refractivity contribution in [3.8, 4) is 22.8 Å². The predicted molar refractivity (Wildman–Crippen MR) is 149 cm³/mol. The molecule has 1 aliphatic heterocycles. The normalized spacial score (nSPS) is 15.1. The fourth-order valence-corrected chi connectivity index (χ4v) is 4.86. The van der Waals surface area contributed by atoms with Gasteiger partial charge in [0.15, 0.2) is 17.3 Å². The maximum Gasteiger partial charge on any atom is 0.242 e. The Bertz CT molecular complexity index is 1270. The van der Waals surface area contributed by atoms with Gasteiger partial charge in [-0.15, -0.1) is 10.2 Å². The maximum atomic E-state index is 13.2. The van der Waals surface area contributed by atoms with Crippen LogP contribution >= 0.6 is 0 Å². The van der Waals surface area contributed by atoms with Crippen LogP contribution in [0.1, 0.15) is 18.4 Å². The second-order valence-corrected chi connectivity index (χ2v) is 9.98. The third-order valence-electron chi connectivity index (χ3n) is 7.36. The van der Waals surface area contributed by atoms with Gasteiger partial charge < -0.3 is 24.2 Å². The van der Waals surface area contributed by atoms with Gasteiger partial charge in [-0.1, -0.05) is 30.3 Å². The van der Waals surface area contributed by atoms with Gasteiger partial charge in [0, 0.05) is 44.2 Å². The van der Waals surface area contributed by atoms with Gasteiger partial charge in [-0.2, -0.15) is 0 Å². The van der Waals surface area contributed by atoms with Crippen LogP contribution in [0.25, 0.3) is 11.3 Å². The summed E-state index contributed by atoms with van der Waals surface area (Å²) in [6, 6.07) is 19.7. The first-order valence-electron chi connectivity index (χ1n) is 13.5. The van der Waals surface area contributed by atoms with E-state index in [4.69, 9.17) is 9.47 Å². The highest BCUT2D eigenvalue weighted by molar-refractivity contribution is 5.87. The smallest absolute Gasteiger partial charge is 0.242 e. The van der Waals surface area contributed by atoms with Crippen molar-refractivity contribution in [1.29, 1.82) is 0 Å². The fourth-order valence-electron chi connectivity index (χ4n) is 4.86. The largest absolute Gasteiger partial charge is 0.493 e. The van der Waals surface area contributed by atoms with E-state index in [2.05, 4.69) is 27.2 Å². The molecular weight excluding hydrogens is 494 g/mol. The molecule has 0 spiro atoms. The molecule has 1 aromatic heterocycles. The van der Waals surface area contributed by atoms with Crippen LogP contribution < -0.4 is 14.4 Å². The molecule has 0 radical (unpaired) electrons. The molecule has 1 saturated carbocycles. The molecular formula is C30H35N5O4. The number of amides is 2. The van der Waals surface area contributed by atoms with Crippen molar-refractivity contribution in [3.05, 3.63) is 66.2 Å². The lowest BCUT2D eigenvalue weighted by molar-refractivity contribution is -0.141. The molecule has 9 heteroatoms. The SMILES string of the molecule is COc1ccc(-c2ccc(N3CCN(C(=O)CN(CCc4ccccc4)C(=O)C4CC4)CC3)nn2)cc1OC. The number of ether oxygens (including phenoxy) is 2. The molecule has 2 aromatic carbocycles. The van der Waals surface area contributed by atoms with Gasteiger partial charge >= 0.3 is 0 Å². The number of hydrogen-bond donors (Lipinski definition) is 0. The topological polar surface area (TPSA) is 88.1 Å². The summed E-state index contributed by atoms with van der Waals surface area (Å²) in [6.07, 6.45) is 2.61. The third kappa shape index (κ3) is 6.47. The van der Waals surface area contributed by atoms with Gasteiger partial charge in [0.1, 0.15) is 0 Å². The highest BCUT2D eigenvalue weighted by Crippen LogP contribution is 2.32. The van der Waals surface area contributed by atoms with Gasteiger partial charge in [0.2, 0.25) is 11.8 Å². The minimum atomic E-state index is 0.00611. The minimum absolute atomic E-state index is 0.00611. The van der Waals surface area contributed by atoms with E-state index in [0.717, 1.165) is 36.3 Å². The summed E-state index contributed by atoms with van der Waals surface area (Å²) in [5, 5.41) is 8.87. The van der Waals surface area contributed by atoms with E-state index in [9.17, 15) is 9.59 Å². The average Bonchev–Trinajstić information content (AvgIpc) is 3.85. The summed E-state index contributed by atoms with van der Waals surface area (Å²) in [5.41, 5.74) is 2.80. The molecule has 0 atom stereocenters. The van der Waals surface area contributed by atoms with Crippen LogP contribution in [0.15, 0.2) is 60.7 Å². The summed E-state index contributed by atoms with van der Waals surface area (Å²) in [4.78, 5) is 31.8. The Balaban J connectivity index is 1.16. The van der Waals surface area contributed by atoms with E-state index < -0.39 is 0 Å². The maximum absolute atomic E-state index is 13.2. The van der Waals surface area contributed by atoms with Crippen molar-refractivity contribution in [1.82, 2.24) is 20.0 Å². The lowest BCUT2D eigenvalue weighted by Gasteiger charge is -2.36. The number of piperazine rings is 1. The molecule has 0 N–H and O–H groups in total. The van der Waals surface area contributed by atoms with Crippen molar-refractivity contribution in [2.75, 3.05) is 58.4 Å². The molecule has 1 aliphatic carbocycles. The number of rotatable bonds is 10. The third-order valence-corrected chi connectivity index (χ3v) is 7.36. The Hall–Kier alpha value is -4.14. The number of hydrogen-bond acceptors (Lipinski definition) is 7. The zero-order valence-electron chi connectivity index (χ0n) is 22.6. The van der Waals surface area contributed by atoms with Crippen LogP contribution in [0.5, 0.6) is 11.5 Å². The molecule has 0 unspecified atom stereocenters. The summed E-state index contributed by atoms with van der Waals surface area (Å²) in [5.74, 6) is 2.29. The van der Waals surface area contributed by atoms with E-state index in [1.807, 2.05) is 53.4 Å². The predicted octanol–water partition coefficient (Wildman–Crippen LogP) is 3.29. The molecule has 9 nitrogen and oxygen atoms in total. The minimum Gasteiger partial charge on any atom is -0.493 e. The van der Waals surface area contributed by atoms with E-state index in [0.29, 0.717) is 44.2 Å². The summed E-state index contributed by atoms with van der Waals surface area (Å²) >= 11 is 0. The van der Waals surface area contributed by atoms with E-state index in [1.54, 1.807) is 19.1 Å². The Kier molecular flexibility index (Phi) is 8.24. The molecule has 1 saturated heterocycles. The fraction of sp³-hybridized carbons (Fsp3) is 0.400. The Morgan fingerprint density at radius 3 is 2.28 bits per heavy atom. The molecule has 3 aromatic rings. The highest BCUT2D eigenvalue weighted by Gasteiger charge is 2.35. The van der Waals surface area contributed by atoms with Gasteiger partial charge in [0.05, 0.1) is 26.5 Å². The van der Waals surface area contributed by atoms with Crippen molar-refractivity contribution >= 4 is 17.6 Å². The number of nitrogens with zero attached hydrogens (tertiary/aromatic N) is 5. The van der Waals surface area contributed by atoms with Crippen LogP contribution in [0.2, 0.25) is 0 Å². The second-order valence-electron chi connectivity index (χ2n) is 9.98. The lowest BCUT2D eigenvalue weighted by atomic mass is 10.1. The van der Waals surface area contributed by atoms with Crippen LogP contribution in [0.4, 0.5) is 5.82 Å². The van der Waals surface area contributed by atoms with Crippen LogP contribution in [0.3, 0.4) is 0 Å². The quantitative estimate of drug-likeness (QED) is 0.398.